The highest BCUT2D eigenvalue weighted by molar-refractivity contribution is 6.17. The van der Waals surface area contributed by atoms with E-state index in [9.17, 15) is 8.78 Å². The molecule has 1 unspecified atom stereocenters. The van der Waals surface area contributed by atoms with Crippen molar-refractivity contribution in [3.63, 3.8) is 0 Å². The Morgan fingerprint density at radius 2 is 1.94 bits per heavy atom. The molecule has 1 aromatic carbocycles. The molecule has 1 nitrogen and oxygen atoms in total. The number of hydrogen-bond acceptors (Lipinski definition) is 1. The summed E-state index contributed by atoms with van der Waals surface area (Å²) in [5.74, 6) is -0.508. The van der Waals surface area contributed by atoms with Crippen molar-refractivity contribution in [3.8, 4) is 0 Å². The zero-order valence-corrected chi connectivity index (χ0v) is 11.8. The van der Waals surface area contributed by atoms with Crippen molar-refractivity contribution in [1.82, 2.24) is 5.32 Å². The van der Waals surface area contributed by atoms with Crippen LogP contribution in [-0.2, 0) is 6.54 Å². The molecule has 0 radical (unpaired) electrons. The van der Waals surface area contributed by atoms with Gasteiger partial charge in [0.15, 0.2) is 0 Å². The molecule has 0 saturated heterocycles. The van der Waals surface area contributed by atoms with Crippen LogP contribution in [0, 0.1) is 17.0 Å². The minimum absolute atomic E-state index is 0.0470. The first-order valence-electron chi connectivity index (χ1n) is 6.08. The van der Waals surface area contributed by atoms with E-state index in [4.69, 9.17) is 11.6 Å². The maximum atomic E-state index is 13.5. The summed E-state index contributed by atoms with van der Waals surface area (Å²) >= 11 is 5.77. The molecule has 0 amide bonds. The third-order valence-corrected chi connectivity index (χ3v) is 3.22. The monoisotopic (exact) mass is 275 g/mol. The highest BCUT2D eigenvalue weighted by Gasteiger charge is 2.23. The summed E-state index contributed by atoms with van der Waals surface area (Å²) in [6.45, 7) is 6.71. The van der Waals surface area contributed by atoms with Crippen LogP contribution < -0.4 is 5.32 Å². The van der Waals surface area contributed by atoms with Gasteiger partial charge in [0.1, 0.15) is 11.6 Å². The van der Waals surface area contributed by atoms with E-state index in [0.29, 0.717) is 18.0 Å². The average Bonchev–Trinajstić information content (AvgIpc) is 2.24. The molecule has 1 rings (SSSR count). The Morgan fingerprint density at radius 3 is 2.44 bits per heavy atom. The average molecular weight is 276 g/mol. The van der Waals surface area contributed by atoms with Gasteiger partial charge in [0.05, 0.1) is 0 Å². The number of rotatable bonds is 5. The Morgan fingerprint density at radius 1 is 1.28 bits per heavy atom. The van der Waals surface area contributed by atoms with Crippen molar-refractivity contribution in [2.24, 2.45) is 5.41 Å². The number of benzene rings is 1. The van der Waals surface area contributed by atoms with Crippen LogP contribution in [0.2, 0.25) is 0 Å². The minimum atomic E-state index is -0.552. The molecule has 0 heterocycles. The summed E-state index contributed by atoms with van der Waals surface area (Å²) in [6.07, 6.45) is 0.813. The fourth-order valence-corrected chi connectivity index (χ4v) is 2.07. The van der Waals surface area contributed by atoms with Gasteiger partial charge in [-0.1, -0.05) is 26.8 Å². The molecule has 0 aliphatic heterocycles. The van der Waals surface area contributed by atoms with Gasteiger partial charge in [-0.3, -0.25) is 0 Å². The van der Waals surface area contributed by atoms with Crippen LogP contribution in [0.3, 0.4) is 0 Å². The van der Waals surface area contributed by atoms with Crippen LogP contribution in [0.25, 0.3) is 0 Å². The summed E-state index contributed by atoms with van der Waals surface area (Å²) in [5.41, 5.74) is 0.519. The van der Waals surface area contributed by atoms with Crippen molar-refractivity contribution in [2.75, 3.05) is 5.88 Å². The van der Waals surface area contributed by atoms with Crippen molar-refractivity contribution < 1.29 is 8.78 Å². The lowest BCUT2D eigenvalue weighted by molar-refractivity contribution is 0.259. The third kappa shape index (κ3) is 4.54. The fraction of sp³-hybridized carbons (Fsp3) is 0.571. The molecule has 4 heteroatoms. The van der Waals surface area contributed by atoms with Crippen LogP contribution in [-0.4, -0.2) is 11.9 Å². The molecule has 1 atom stereocenters. The van der Waals surface area contributed by atoms with Crippen LogP contribution in [0.1, 0.15) is 32.8 Å². The molecule has 18 heavy (non-hydrogen) atoms. The highest BCUT2D eigenvalue weighted by atomic mass is 35.5. The lowest BCUT2D eigenvalue weighted by atomic mass is 9.85. The smallest absolute Gasteiger partial charge is 0.130 e. The second-order valence-corrected chi connectivity index (χ2v) is 5.89. The van der Waals surface area contributed by atoms with Gasteiger partial charge in [-0.05, 0) is 17.9 Å². The molecule has 0 bridgehead atoms. The maximum Gasteiger partial charge on any atom is 0.130 e. The van der Waals surface area contributed by atoms with Crippen molar-refractivity contribution in [3.05, 3.63) is 35.4 Å². The Labute approximate surface area is 113 Å². The second kappa shape index (κ2) is 6.48. The normalized spacial score (nSPS) is 13.7. The summed E-state index contributed by atoms with van der Waals surface area (Å²) in [4.78, 5) is 0. The largest absolute Gasteiger partial charge is 0.309 e. The number of hydrogen-bond donors (Lipinski definition) is 1. The van der Waals surface area contributed by atoms with Gasteiger partial charge in [-0.15, -0.1) is 11.6 Å². The van der Waals surface area contributed by atoms with Gasteiger partial charge < -0.3 is 5.32 Å². The first kappa shape index (κ1) is 15.4. The van der Waals surface area contributed by atoms with Crippen LogP contribution >= 0.6 is 11.6 Å². The molecule has 1 N–H and O–H groups in total. The van der Waals surface area contributed by atoms with Gasteiger partial charge in [-0.2, -0.15) is 0 Å². The zero-order chi connectivity index (χ0) is 13.8. The molecular weight excluding hydrogens is 256 g/mol. The molecule has 0 fully saturated rings. The molecule has 0 aliphatic carbocycles. The Hall–Kier alpha value is -0.670. The molecule has 0 spiro atoms. The van der Waals surface area contributed by atoms with E-state index in [0.717, 1.165) is 12.5 Å². The molecule has 0 aliphatic rings. The highest BCUT2D eigenvalue weighted by Crippen LogP contribution is 2.23. The molecule has 0 saturated carbocycles. The maximum absolute atomic E-state index is 13.5. The van der Waals surface area contributed by atoms with E-state index < -0.39 is 11.6 Å². The van der Waals surface area contributed by atoms with Crippen molar-refractivity contribution in [2.45, 2.75) is 39.8 Å². The predicted octanol–water partition coefficient (Wildman–Crippen LogP) is 4.10. The van der Waals surface area contributed by atoms with Gasteiger partial charge in [0, 0.05) is 30.1 Å². The number of halogens is 3. The van der Waals surface area contributed by atoms with Gasteiger partial charge in [0.25, 0.3) is 0 Å². The predicted molar refractivity (Wildman–Crippen MR) is 71.8 cm³/mol. The van der Waals surface area contributed by atoms with Crippen molar-refractivity contribution >= 4 is 11.6 Å². The van der Waals surface area contributed by atoms with E-state index in [1.807, 2.05) is 0 Å². The first-order valence-corrected chi connectivity index (χ1v) is 6.61. The summed E-state index contributed by atoms with van der Waals surface area (Å²) in [7, 11) is 0. The van der Waals surface area contributed by atoms with Gasteiger partial charge >= 0.3 is 0 Å². The summed E-state index contributed by atoms with van der Waals surface area (Å²) in [5, 5.41) is 3.29. The Kier molecular flexibility index (Phi) is 5.54. The summed E-state index contributed by atoms with van der Waals surface area (Å²) < 4.78 is 26.3. The lowest BCUT2D eigenvalue weighted by Gasteiger charge is -2.31. The molecule has 0 aromatic heterocycles. The standard InChI is InChI=1S/C14H20ClF2N/c1-14(2,3)13(6-7-15)18-9-10-4-5-11(16)8-12(10)17/h4-5,8,13,18H,6-7,9H2,1-3H3. The second-order valence-electron chi connectivity index (χ2n) is 5.51. The van der Waals surface area contributed by atoms with E-state index in [2.05, 4.69) is 26.1 Å². The van der Waals surface area contributed by atoms with Crippen LogP contribution in [0.15, 0.2) is 18.2 Å². The quantitative estimate of drug-likeness (QED) is 0.798. The lowest BCUT2D eigenvalue weighted by Crippen LogP contribution is -2.40. The fourth-order valence-electron chi connectivity index (χ4n) is 1.85. The first-order chi connectivity index (χ1) is 8.34. The molecule has 1 aromatic rings. The van der Waals surface area contributed by atoms with Crippen LogP contribution in [0.5, 0.6) is 0 Å². The van der Waals surface area contributed by atoms with E-state index in [1.165, 1.54) is 12.1 Å². The molecule has 102 valence electrons. The van der Waals surface area contributed by atoms with E-state index >= 15 is 0 Å². The zero-order valence-electron chi connectivity index (χ0n) is 11.1. The van der Waals surface area contributed by atoms with Crippen LogP contribution in [0.4, 0.5) is 8.78 Å². The topological polar surface area (TPSA) is 12.0 Å². The Balaban J connectivity index is 2.67. The number of nitrogens with one attached hydrogen (secondary N) is 1. The minimum Gasteiger partial charge on any atom is -0.309 e. The Bertz CT molecular complexity index is 388. The SMILES string of the molecule is CC(C)(C)C(CCCl)NCc1ccc(F)cc1F. The van der Waals surface area contributed by atoms with Crippen molar-refractivity contribution in [1.29, 1.82) is 0 Å². The van der Waals surface area contributed by atoms with E-state index in [-0.39, 0.29) is 11.5 Å². The number of alkyl halides is 1. The third-order valence-electron chi connectivity index (χ3n) is 3.00. The molecular formula is C14H20ClF2N. The summed E-state index contributed by atoms with van der Waals surface area (Å²) in [6, 6.07) is 3.84. The van der Waals surface area contributed by atoms with Gasteiger partial charge in [-0.25, -0.2) is 8.78 Å². The van der Waals surface area contributed by atoms with Gasteiger partial charge in [0.2, 0.25) is 0 Å². The van der Waals surface area contributed by atoms with E-state index in [1.54, 1.807) is 0 Å².